The number of carbonyl (C=O) groups excluding carboxylic acids is 1. The molecule has 0 aromatic heterocycles. The molecule has 0 heterocycles. The lowest BCUT2D eigenvalue weighted by Crippen LogP contribution is -2.38. The Labute approximate surface area is 169 Å². The van der Waals surface area contributed by atoms with E-state index in [0.717, 1.165) is 27.6 Å². The van der Waals surface area contributed by atoms with Gasteiger partial charge in [0.05, 0.1) is 10.6 Å². The van der Waals surface area contributed by atoms with Crippen LogP contribution in [0.2, 0.25) is 0 Å². The first-order valence-electron chi connectivity index (χ1n) is 8.97. The van der Waals surface area contributed by atoms with Gasteiger partial charge in [0.1, 0.15) is 12.4 Å². The van der Waals surface area contributed by atoms with E-state index in [1.54, 1.807) is 36.4 Å². The van der Waals surface area contributed by atoms with Crippen LogP contribution >= 0.6 is 0 Å². The van der Waals surface area contributed by atoms with Gasteiger partial charge in [0.2, 0.25) is 5.91 Å². The molecule has 0 saturated carbocycles. The minimum absolute atomic E-state index is 0.0948. The van der Waals surface area contributed by atoms with Gasteiger partial charge in [-0.2, -0.15) is 0 Å². The number of nitrogens with one attached hydrogen (secondary N) is 1. The predicted octanol–water partition coefficient (Wildman–Crippen LogP) is 4.28. The molecule has 0 fully saturated rings. The minimum atomic E-state index is -4.07. The van der Waals surface area contributed by atoms with Crippen molar-refractivity contribution in [2.24, 2.45) is 0 Å². The number of amides is 1. The summed E-state index contributed by atoms with van der Waals surface area (Å²) in [7, 11) is -4.07. The van der Waals surface area contributed by atoms with Crippen molar-refractivity contribution >= 4 is 27.3 Å². The van der Waals surface area contributed by atoms with Crippen molar-refractivity contribution in [1.29, 1.82) is 0 Å². The van der Waals surface area contributed by atoms with E-state index in [4.69, 9.17) is 0 Å². The Bertz CT molecular complexity index is 1090. The Balaban J connectivity index is 1.92. The fourth-order valence-electron chi connectivity index (χ4n) is 2.73. The van der Waals surface area contributed by atoms with Crippen LogP contribution in [-0.2, 0) is 14.8 Å². The van der Waals surface area contributed by atoms with Gasteiger partial charge in [-0.25, -0.2) is 12.8 Å². The third-order valence-corrected chi connectivity index (χ3v) is 6.13. The summed E-state index contributed by atoms with van der Waals surface area (Å²) in [4.78, 5) is 12.5. The minimum Gasteiger partial charge on any atom is -0.325 e. The number of hydrogen-bond donors (Lipinski definition) is 1. The molecule has 0 atom stereocenters. The molecule has 0 aliphatic heterocycles. The molecule has 0 saturated heterocycles. The van der Waals surface area contributed by atoms with Gasteiger partial charge >= 0.3 is 0 Å². The highest BCUT2D eigenvalue weighted by molar-refractivity contribution is 7.92. The number of benzene rings is 3. The molecule has 3 rings (SSSR count). The number of nitrogens with zero attached hydrogens (tertiary/aromatic N) is 1. The van der Waals surface area contributed by atoms with Crippen molar-refractivity contribution < 1.29 is 17.6 Å². The third-order valence-electron chi connectivity index (χ3n) is 4.35. The summed E-state index contributed by atoms with van der Waals surface area (Å²) >= 11 is 0. The zero-order chi connectivity index (χ0) is 21.0. The van der Waals surface area contributed by atoms with Crippen LogP contribution in [-0.4, -0.2) is 20.9 Å². The quantitative estimate of drug-likeness (QED) is 0.657. The Morgan fingerprint density at radius 1 is 0.862 bits per heavy atom. The second kappa shape index (κ2) is 8.45. The van der Waals surface area contributed by atoms with E-state index in [0.29, 0.717) is 11.4 Å². The van der Waals surface area contributed by atoms with Crippen molar-refractivity contribution in [2.75, 3.05) is 16.2 Å². The summed E-state index contributed by atoms with van der Waals surface area (Å²) in [6.07, 6.45) is 0. The molecule has 1 amide bonds. The monoisotopic (exact) mass is 412 g/mol. The van der Waals surface area contributed by atoms with Gasteiger partial charge in [0.25, 0.3) is 10.0 Å². The van der Waals surface area contributed by atoms with Gasteiger partial charge < -0.3 is 5.32 Å². The van der Waals surface area contributed by atoms with Gasteiger partial charge in [-0.15, -0.1) is 0 Å². The summed E-state index contributed by atoms with van der Waals surface area (Å²) in [5.41, 5.74) is 2.92. The van der Waals surface area contributed by atoms with Crippen molar-refractivity contribution in [2.45, 2.75) is 18.7 Å². The molecule has 0 radical (unpaired) electrons. The molecule has 29 heavy (non-hydrogen) atoms. The number of aryl methyl sites for hydroxylation is 2. The number of sulfonamides is 1. The summed E-state index contributed by atoms with van der Waals surface area (Å²) in [5.74, 6) is -1.02. The average Bonchev–Trinajstić information content (AvgIpc) is 2.69. The van der Waals surface area contributed by atoms with Crippen molar-refractivity contribution in [1.82, 2.24) is 0 Å². The number of halogens is 1. The summed E-state index contributed by atoms with van der Waals surface area (Å²) in [5, 5.41) is 2.71. The van der Waals surface area contributed by atoms with Crippen LogP contribution in [0.5, 0.6) is 0 Å². The van der Waals surface area contributed by atoms with E-state index >= 15 is 0 Å². The van der Waals surface area contributed by atoms with Gasteiger partial charge in [0, 0.05) is 5.69 Å². The smallest absolute Gasteiger partial charge is 0.264 e. The normalized spacial score (nSPS) is 11.1. The highest BCUT2D eigenvalue weighted by Gasteiger charge is 2.27. The van der Waals surface area contributed by atoms with Crippen LogP contribution in [0.4, 0.5) is 15.8 Å². The lowest BCUT2D eigenvalue weighted by molar-refractivity contribution is -0.114. The van der Waals surface area contributed by atoms with Crippen LogP contribution in [0.3, 0.4) is 0 Å². The Kier molecular flexibility index (Phi) is 5.98. The van der Waals surface area contributed by atoms with Gasteiger partial charge in [-0.1, -0.05) is 35.4 Å². The van der Waals surface area contributed by atoms with Gasteiger partial charge in [-0.3, -0.25) is 9.10 Å². The van der Waals surface area contributed by atoms with Crippen LogP contribution in [0.15, 0.2) is 77.7 Å². The molecule has 0 unspecified atom stereocenters. The first-order chi connectivity index (χ1) is 13.8. The first-order valence-corrected chi connectivity index (χ1v) is 10.4. The summed E-state index contributed by atoms with van der Waals surface area (Å²) in [6, 6.07) is 18.5. The molecule has 0 spiro atoms. The maximum absolute atomic E-state index is 13.3. The highest BCUT2D eigenvalue weighted by atomic mass is 32.2. The number of anilines is 2. The first kappa shape index (κ1) is 20.5. The standard InChI is InChI=1S/C22H21FN2O3S/c1-16-3-9-19(10-4-16)24-22(26)15-25(20-11-5-17(2)6-12-20)29(27,28)21-13-7-18(23)8-14-21/h3-14H,15H2,1-2H3,(H,24,26). The van der Waals surface area contributed by atoms with Crippen molar-refractivity contribution in [3.63, 3.8) is 0 Å². The predicted molar refractivity (Wildman–Crippen MR) is 112 cm³/mol. The van der Waals surface area contributed by atoms with Crippen LogP contribution in [0.1, 0.15) is 11.1 Å². The fraction of sp³-hybridized carbons (Fsp3) is 0.136. The molecular formula is C22H21FN2O3S. The van der Waals surface area contributed by atoms with Crippen molar-refractivity contribution in [3.05, 3.63) is 89.7 Å². The summed E-state index contributed by atoms with van der Waals surface area (Å²) < 4.78 is 40.6. The third kappa shape index (κ3) is 5.00. The number of hydrogen-bond acceptors (Lipinski definition) is 3. The molecule has 0 bridgehead atoms. The van der Waals surface area contributed by atoms with E-state index < -0.39 is 28.3 Å². The zero-order valence-corrected chi connectivity index (χ0v) is 16.9. The molecule has 1 N–H and O–H groups in total. The second-order valence-corrected chi connectivity index (χ2v) is 8.58. The van der Waals surface area contributed by atoms with Crippen LogP contribution in [0.25, 0.3) is 0 Å². The van der Waals surface area contributed by atoms with Crippen LogP contribution in [0, 0.1) is 19.7 Å². The highest BCUT2D eigenvalue weighted by Crippen LogP contribution is 2.24. The Morgan fingerprint density at radius 2 is 1.38 bits per heavy atom. The Hall–Kier alpha value is -3.19. The average molecular weight is 412 g/mol. The molecule has 0 aliphatic rings. The maximum atomic E-state index is 13.3. The van der Waals surface area contributed by atoms with E-state index in [-0.39, 0.29) is 4.90 Å². The van der Waals surface area contributed by atoms with Gasteiger partial charge in [0.15, 0.2) is 0 Å². The largest absolute Gasteiger partial charge is 0.325 e. The molecule has 0 aliphatic carbocycles. The van der Waals surface area contributed by atoms with Gasteiger partial charge in [-0.05, 0) is 62.4 Å². The second-order valence-electron chi connectivity index (χ2n) is 6.72. The molecule has 7 heteroatoms. The SMILES string of the molecule is Cc1ccc(NC(=O)CN(c2ccc(C)cc2)S(=O)(=O)c2ccc(F)cc2)cc1. The van der Waals surface area contributed by atoms with E-state index in [9.17, 15) is 17.6 Å². The zero-order valence-electron chi connectivity index (χ0n) is 16.1. The fourth-order valence-corrected chi connectivity index (χ4v) is 4.15. The van der Waals surface area contributed by atoms with E-state index in [1.807, 2.05) is 26.0 Å². The lowest BCUT2D eigenvalue weighted by atomic mass is 10.2. The summed E-state index contributed by atoms with van der Waals surface area (Å²) in [6.45, 7) is 3.39. The Morgan fingerprint density at radius 3 is 1.93 bits per heavy atom. The molecule has 3 aromatic rings. The maximum Gasteiger partial charge on any atom is 0.264 e. The lowest BCUT2D eigenvalue weighted by Gasteiger charge is -2.24. The number of carbonyl (C=O) groups is 1. The molecular weight excluding hydrogens is 391 g/mol. The van der Waals surface area contributed by atoms with Crippen molar-refractivity contribution in [3.8, 4) is 0 Å². The number of rotatable bonds is 6. The molecule has 150 valence electrons. The molecule has 3 aromatic carbocycles. The van der Waals surface area contributed by atoms with Crippen LogP contribution < -0.4 is 9.62 Å². The molecule has 5 nitrogen and oxygen atoms in total. The van der Waals surface area contributed by atoms with E-state index in [2.05, 4.69) is 5.32 Å². The van der Waals surface area contributed by atoms with E-state index in [1.165, 1.54) is 12.1 Å². The topological polar surface area (TPSA) is 66.5 Å².